The van der Waals surface area contributed by atoms with E-state index in [1.807, 2.05) is 0 Å². The molecule has 34 N–H and O–H groups in total. The zero-order valence-corrected chi connectivity index (χ0v) is 62.7. The molecule has 0 aromatic heterocycles. The molecular formula is C62H108NO54P. The van der Waals surface area contributed by atoms with Crippen molar-refractivity contribution in [3.63, 3.8) is 0 Å². The van der Waals surface area contributed by atoms with Crippen LogP contribution in [0.3, 0.4) is 0 Å². The molecular weight excluding hydrogens is 1650 g/mol. The first-order chi connectivity index (χ1) is 55.6. The summed E-state index contributed by atoms with van der Waals surface area (Å²) in [6.07, 6.45) is -109. The Morgan fingerprint density at radius 1 is 0.314 bits per heavy atom. The number of hydrogen-bond donors (Lipinski definition) is 34. The molecule has 9 aliphatic rings. The lowest BCUT2D eigenvalue weighted by Crippen LogP contribution is -2.68. The van der Waals surface area contributed by atoms with Crippen LogP contribution in [0.25, 0.3) is 0 Å². The average Bonchev–Trinajstić information content (AvgIpc) is 0.768. The Kier molecular flexibility index (Phi) is 36.6. The summed E-state index contributed by atoms with van der Waals surface area (Å²) in [5.74, 6) is -0.923. The number of rotatable bonds is 35. The van der Waals surface area contributed by atoms with Crippen molar-refractivity contribution in [2.24, 2.45) is 0 Å². The minimum absolute atomic E-state index is 0.920. The average molecular weight is 1760 g/mol. The van der Waals surface area contributed by atoms with Crippen molar-refractivity contribution in [1.29, 1.82) is 0 Å². The molecule has 0 saturated carbocycles. The normalized spacial score (nSPS) is 48.5. The van der Waals surface area contributed by atoms with Gasteiger partial charge in [-0.3, -0.25) is 9.32 Å². The Morgan fingerprint density at radius 3 is 0.924 bits per heavy atom. The maximum atomic E-state index is 12.6. The van der Waals surface area contributed by atoms with Crippen molar-refractivity contribution in [1.82, 2.24) is 5.32 Å². The lowest BCUT2D eigenvalue weighted by atomic mass is 9.95. The van der Waals surface area contributed by atoms with Crippen molar-refractivity contribution in [2.45, 2.75) is 308 Å². The predicted octanol–water partition coefficient (Wildman–Crippen LogP) is -22.9. The Bertz CT molecular complexity index is 3060. The first-order valence-electron chi connectivity index (χ1n) is 36.8. The maximum Gasteiger partial charge on any atom is 0.469 e. The zero-order chi connectivity index (χ0) is 87.3. The van der Waals surface area contributed by atoms with Gasteiger partial charge in [0.25, 0.3) is 0 Å². The second-order valence-electron chi connectivity index (χ2n) is 29.2. The van der Waals surface area contributed by atoms with E-state index in [4.69, 9.17) is 85.3 Å². The molecule has 56 heteroatoms. The molecule has 49 atom stereocenters. The summed E-state index contributed by atoms with van der Waals surface area (Å²) >= 11 is 0. The van der Waals surface area contributed by atoms with Crippen LogP contribution in [-0.2, 0) is 99.1 Å². The van der Waals surface area contributed by atoms with E-state index >= 15 is 0 Å². The van der Waals surface area contributed by atoms with Crippen molar-refractivity contribution in [3.8, 4) is 0 Å². The van der Waals surface area contributed by atoms with Gasteiger partial charge in [-0.2, -0.15) is 0 Å². The number of ether oxygens (including phenoxy) is 18. The van der Waals surface area contributed by atoms with Gasteiger partial charge >= 0.3 is 7.82 Å². The van der Waals surface area contributed by atoms with Gasteiger partial charge in [0.1, 0.15) is 238 Å². The van der Waals surface area contributed by atoms with Crippen LogP contribution in [-0.4, -0.2) is 547 Å². The Labute approximate surface area is 665 Å². The van der Waals surface area contributed by atoms with Gasteiger partial charge in [-0.05, 0) is 0 Å². The highest BCUT2D eigenvalue weighted by Gasteiger charge is 2.61. The molecule has 0 aromatic carbocycles. The molecule has 9 fully saturated rings. The van der Waals surface area contributed by atoms with E-state index in [1.165, 1.54) is 0 Å². The number of nitrogens with one attached hydrogen (secondary N) is 1. The number of aliphatic hydroxyl groups excluding tert-OH is 31. The third kappa shape index (κ3) is 22.4. The van der Waals surface area contributed by atoms with Crippen LogP contribution < -0.4 is 5.32 Å². The van der Waals surface area contributed by atoms with Crippen molar-refractivity contribution in [2.75, 3.05) is 72.7 Å². The van der Waals surface area contributed by atoms with E-state index in [0.717, 1.165) is 6.92 Å². The molecule has 9 rings (SSSR count). The third-order valence-electron chi connectivity index (χ3n) is 21.1. The highest BCUT2D eigenvalue weighted by molar-refractivity contribution is 7.46. The summed E-state index contributed by atoms with van der Waals surface area (Å²) < 4.78 is 121. The van der Waals surface area contributed by atoms with Gasteiger partial charge in [-0.25, -0.2) is 4.57 Å². The molecule has 0 radical (unpaired) electrons. The van der Waals surface area contributed by atoms with Crippen LogP contribution in [0.4, 0.5) is 0 Å². The van der Waals surface area contributed by atoms with Gasteiger partial charge in [-0.1, -0.05) is 0 Å². The summed E-state index contributed by atoms with van der Waals surface area (Å²) in [6, 6.07) is -1.82. The minimum Gasteiger partial charge on any atom is -0.394 e. The minimum atomic E-state index is -5.35. The number of phosphoric ester groups is 1. The summed E-state index contributed by atoms with van der Waals surface area (Å²) in [4.78, 5) is 31.0. The summed E-state index contributed by atoms with van der Waals surface area (Å²) in [5.41, 5.74) is 0. The lowest BCUT2D eigenvalue weighted by molar-refractivity contribution is -0.407. The predicted molar refractivity (Wildman–Crippen MR) is 354 cm³/mol. The summed E-state index contributed by atoms with van der Waals surface area (Å²) in [5, 5.41) is 345. The Hall–Kier alpha value is -2.38. The SMILES string of the molecule is CC(=O)N[C@@H](CO)[C@@H](O)[C@H](O[C@@H]1O[C@H](CO[C@H]2O[C@H](CO[C@H]3O[C@H](CO)[C@@H](O)[C@H](O)[C@@H]3O[C@H]3O[C@H](COP(=O)(O)O)[C@@H](O)[C@H](O)[C@@H]3O)[C@@H](O)[C@H](O[C@H]3O[C@H](CO)[C@@H](O)[C@H](O)[C@@H]3O[C@H]3O[C@H](CO)[C@@H](O)[C@H](O)[C@@H]3O)[C@@H]2O)[C@@H](O)[C@H](O[C@H]2O[C@H](CO)[C@@H](O)[C@H](O)[C@@H]2O[C@H]2O[C@H](CO)[C@@H](O)[C@H](O)[C@@H]2O[C@H]2O[C@H](CO)[C@@H](O)[C@H](O)[C@@H]2O)[C@@H]1O)[C@H](O)CO. The van der Waals surface area contributed by atoms with E-state index in [2.05, 4.69) is 9.84 Å². The van der Waals surface area contributed by atoms with Crippen LogP contribution >= 0.6 is 7.82 Å². The molecule has 9 heterocycles. The number of amides is 1. The first-order valence-corrected chi connectivity index (χ1v) is 38.4. The second kappa shape index (κ2) is 43.4. The zero-order valence-electron chi connectivity index (χ0n) is 61.8. The molecule has 55 nitrogen and oxygen atoms in total. The van der Waals surface area contributed by atoms with Crippen LogP contribution in [0.5, 0.6) is 0 Å². The lowest BCUT2D eigenvalue weighted by Gasteiger charge is -2.50. The van der Waals surface area contributed by atoms with Crippen LogP contribution in [0.2, 0.25) is 0 Å². The van der Waals surface area contributed by atoms with Crippen molar-refractivity contribution >= 4 is 13.7 Å². The van der Waals surface area contributed by atoms with Gasteiger partial charge < -0.3 is 259 Å². The first kappa shape index (κ1) is 99.4. The van der Waals surface area contributed by atoms with Crippen LogP contribution in [0.15, 0.2) is 0 Å². The molecule has 9 saturated heterocycles. The van der Waals surface area contributed by atoms with Crippen LogP contribution in [0.1, 0.15) is 6.92 Å². The number of hydrogen-bond acceptors (Lipinski definition) is 52. The van der Waals surface area contributed by atoms with Gasteiger partial charge in [-0.15, -0.1) is 0 Å². The number of phosphoric acid groups is 1. The molecule has 0 unspecified atom stereocenters. The molecule has 1 amide bonds. The molecule has 690 valence electrons. The summed E-state index contributed by atoms with van der Waals surface area (Å²) in [7, 11) is -5.35. The van der Waals surface area contributed by atoms with E-state index < -0.39 is 387 Å². The molecule has 0 spiro atoms. The largest absolute Gasteiger partial charge is 0.469 e. The van der Waals surface area contributed by atoms with E-state index in [9.17, 15) is 177 Å². The van der Waals surface area contributed by atoms with Crippen LogP contribution in [0, 0.1) is 0 Å². The molecule has 0 aliphatic carbocycles. The van der Waals surface area contributed by atoms with E-state index in [0.29, 0.717) is 0 Å². The monoisotopic (exact) mass is 1760 g/mol. The molecule has 0 bridgehead atoms. The number of carbonyl (C=O) groups is 1. The topological polar surface area (TPSA) is 889 Å². The Morgan fingerprint density at radius 2 is 0.585 bits per heavy atom. The highest BCUT2D eigenvalue weighted by atomic mass is 31.2. The quantitative estimate of drug-likeness (QED) is 0.0262. The molecule has 9 aliphatic heterocycles. The fraction of sp³-hybridized carbons (Fsp3) is 0.984. The smallest absolute Gasteiger partial charge is 0.394 e. The van der Waals surface area contributed by atoms with Gasteiger partial charge in [0.05, 0.1) is 78.7 Å². The van der Waals surface area contributed by atoms with Crippen molar-refractivity contribution < 1.29 is 267 Å². The standard InChI is InChI=1S/C62H108NO54P/c1-13(72)63-14(2-64)25(74)47(15(73)3-65)111-58-46(95)49(113-61-53(41(90)31(80)20(8-70)106-61)117-62-52(40(89)30(79)21(9-71)107-62)116-56-43(92)36(85)27(76)17(5-67)103-56)34(83)23(109-58)10-99-54-45(94)48(112-60-51(39(88)29(78)19(7-69)105-60)115-55-42(91)35(84)26(75)16(4-66)102-55)33(82)22(108-54)11-100-59-50(38(87)28(77)18(6-68)104-59)114-57-44(93)37(86)32(81)24(110-57)12-101-118(96,97)98/h14-62,64-71,73-95H,2-12H2,1H3,(H,63,72)(H2,96,97,98)/t14-,15+,16+,17+,18+,19+,20+,21+,22+,23+,24+,25+,26+,27+,28+,29+,30+,31+,32+,33+,34+,35-,36-,37-,38-,39-,40-,41-,42-,43-,44-,45-,46-,47+,48-,49-,50-,51-,52-,53-,54-,55+,56+,57+,58-,59-,60+,61+,62+/m0/s1. The van der Waals surface area contributed by atoms with E-state index in [1.54, 1.807) is 0 Å². The second-order valence-corrected chi connectivity index (χ2v) is 30.4. The number of carbonyl (C=O) groups excluding carboxylic acids is 1. The molecule has 118 heavy (non-hydrogen) atoms. The maximum absolute atomic E-state index is 12.6. The van der Waals surface area contributed by atoms with Crippen molar-refractivity contribution in [3.05, 3.63) is 0 Å². The fourth-order valence-electron chi connectivity index (χ4n) is 14.3. The highest BCUT2D eigenvalue weighted by Crippen LogP contribution is 2.42. The fourth-order valence-corrected chi connectivity index (χ4v) is 14.7. The van der Waals surface area contributed by atoms with Gasteiger partial charge in [0.15, 0.2) is 56.6 Å². The molecule has 0 aromatic rings. The third-order valence-corrected chi connectivity index (χ3v) is 21.6. The number of aliphatic hydroxyl groups is 31. The Balaban J connectivity index is 1.08. The van der Waals surface area contributed by atoms with Gasteiger partial charge in [0, 0.05) is 6.92 Å². The summed E-state index contributed by atoms with van der Waals surface area (Å²) in [6.45, 7) is -12.3. The van der Waals surface area contributed by atoms with Gasteiger partial charge in [0.2, 0.25) is 5.91 Å². The van der Waals surface area contributed by atoms with E-state index in [-0.39, 0.29) is 0 Å².